The molecule has 4 rings (SSSR count). The summed E-state index contributed by atoms with van der Waals surface area (Å²) < 4.78 is 27.1. The van der Waals surface area contributed by atoms with Crippen molar-refractivity contribution in [3.8, 4) is 17.1 Å². The molecule has 1 saturated heterocycles. The number of halogens is 1. The number of imidazole rings is 1. The highest BCUT2D eigenvalue weighted by Crippen LogP contribution is 2.35. The third-order valence-electron chi connectivity index (χ3n) is 4.84. The molecule has 134 valence electrons. The van der Waals surface area contributed by atoms with Gasteiger partial charge in [0.25, 0.3) is 0 Å². The van der Waals surface area contributed by atoms with Crippen LogP contribution in [0.25, 0.3) is 11.4 Å². The summed E-state index contributed by atoms with van der Waals surface area (Å²) in [7, 11) is 1.58. The van der Waals surface area contributed by atoms with E-state index in [1.54, 1.807) is 31.8 Å². The van der Waals surface area contributed by atoms with Crippen LogP contribution in [-0.4, -0.2) is 34.9 Å². The van der Waals surface area contributed by atoms with Gasteiger partial charge in [-0.15, -0.1) is 0 Å². The number of rotatable bonds is 5. The summed E-state index contributed by atoms with van der Waals surface area (Å²) in [5.41, 5.74) is 1.87. The molecule has 0 radical (unpaired) electrons. The van der Waals surface area contributed by atoms with E-state index in [0.717, 1.165) is 6.42 Å². The highest BCUT2D eigenvalue weighted by atomic mass is 19.1. The van der Waals surface area contributed by atoms with E-state index in [9.17, 15) is 4.39 Å². The Labute approximate surface area is 151 Å². The lowest BCUT2D eigenvalue weighted by atomic mass is 9.95. The van der Waals surface area contributed by atoms with Gasteiger partial charge in [0.2, 0.25) is 0 Å². The Bertz CT molecular complexity index is 882. The molecule has 1 aromatic carbocycles. The van der Waals surface area contributed by atoms with Crippen molar-refractivity contribution in [3.63, 3.8) is 0 Å². The molecule has 1 aliphatic heterocycles. The summed E-state index contributed by atoms with van der Waals surface area (Å²) in [6.45, 7) is 1.29. The van der Waals surface area contributed by atoms with Crippen LogP contribution in [0.3, 0.4) is 0 Å². The maximum Gasteiger partial charge on any atom is 0.144 e. The SMILES string of the molecule is COc1ccc(F)cc1-c1nccn1[C@@H]1COC[C@@H]1Cc1ccncc1. The van der Waals surface area contributed by atoms with E-state index < -0.39 is 0 Å². The smallest absolute Gasteiger partial charge is 0.144 e. The molecule has 0 spiro atoms. The summed E-state index contributed by atoms with van der Waals surface area (Å²) in [5, 5.41) is 0. The normalized spacial score (nSPS) is 19.6. The van der Waals surface area contributed by atoms with Gasteiger partial charge in [-0.05, 0) is 42.3 Å². The molecule has 1 fully saturated rings. The Morgan fingerprint density at radius 1 is 1.19 bits per heavy atom. The molecule has 0 N–H and O–H groups in total. The van der Waals surface area contributed by atoms with Crippen LogP contribution in [0.5, 0.6) is 5.75 Å². The summed E-state index contributed by atoms with van der Waals surface area (Å²) in [5.74, 6) is 1.29. The number of hydrogen-bond acceptors (Lipinski definition) is 4. The van der Waals surface area contributed by atoms with Crippen LogP contribution >= 0.6 is 0 Å². The Hall–Kier alpha value is -2.73. The van der Waals surface area contributed by atoms with Gasteiger partial charge in [-0.2, -0.15) is 0 Å². The number of benzene rings is 1. The van der Waals surface area contributed by atoms with Gasteiger partial charge in [0.15, 0.2) is 0 Å². The molecule has 26 heavy (non-hydrogen) atoms. The second-order valence-electron chi connectivity index (χ2n) is 6.43. The van der Waals surface area contributed by atoms with Gasteiger partial charge in [0.05, 0.1) is 31.9 Å². The van der Waals surface area contributed by atoms with E-state index in [1.165, 1.54) is 17.7 Å². The van der Waals surface area contributed by atoms with Gasteiger partial charge in [-0.3, -0.25) is 4.98 Å². The minimum Gasteiger partial charge on any atom is -0.496 e. The zero-order valence-corrected chi connectivity index (χ0v) is 14.5. The number of hydrogen-bond donors (Lipinski definition) is 0. The monoisotopic (exact) mass is 353 g/mol. The molecule has 2 atom stereocenters. The molecule has 1 aliphatic rings. The third kappa shape index (κ3) is 3.20. The van der Waals surface area contributed by atoms with Crippen LogP contribution in [0, 0.1) is 11.7 Å². The molecule has 3 aromatic rings. The lowest BCUT2D eigenvalue weighted by Crippen LogP contribution is -2.20. The van der Waals surface area contributed by atoms with Crippen LogP contribution in [0.15, 0.2) is 55.1 Å². The van der Waals surface area contributed by atoms with E-state index in [2.05, 4.69) is 14.5 Å². The Kier molecular flexibility index (Phi) is 4.67. The molecule has 0 bridgehead atoms. The zero-order chi connectivity index (χ0) is 17.9. The Morgan fingerprint density at radius 3 is 2.85 bits per heavy atom. The van der Waals surface area contributed by atoms with Crippen molar-refractivity contribution >= 4 is 0 Å². The van der Waals surface area contributed by atoms with Crippen molar-refractivity contribution in [3.05, 3.63) is 66.5 Å². The first-order valence-corrected chi connectivity index (χ1v) is 8.59. The first-order valence-electron chi connectivity index (χ1n) is 8.59. The summed E-state index contributed by atoms with van der Waals surface area (Å²) >= 11 is 0. The Morgan fingerprint density at radius 2 is 2.04 bits per heavy atom. The first-order chi connectivity index (χ1) is 12.8. The van der Waals surface area contributed by atoms with Crippen LogP contribution < -0.4 is 4.74 Å². The second-order valence-corrected chi connectivity index (χ2v) is 6.43. The van der Waals surface area contributed by atoms with Gasteiger partial charge in [-0.25, -0.2) is 9.37 Å². The predicted octanol–water partition coefficient (Wildman–Crippen LogP) is 3.52. The van der Waals surface area contributed by atoms with E-state index in [4.69, 9.17) is 9.47 Å². The Balaban J connectivity index is 1.67. The molecule has 0 aliphatic carbocycles. The van der Waals surface area contributed by atoms with E-state index >= 15 is 0 Å². The highest BCUT2D eigenvalue weighted by Gasteiger charge is 2.31. The molecule has 5 nitrogen and oxygen atoms in total. The second kappa shape index (κ2) is 7.25. The maximum absolute atomic E-state index is 13.8. The molecule has 3 heterocycles. The predicted molar refractivity (Wildman–Crippen MR) is 95.5 cm³/mol. The summed E-state index contributed by atoms with van der Waals surface area (Å²) in [6.07, 6.45) is 8.17. The third-order valence-corrected chi connectivity index (χ3v) is 4.84. The number of pyridine rings is 1. The number of methoxy groups -OCH3 is 1. The minimum atomic E-state index is -0.314. The quantitative estimate of drug-likeness (QED) is 0.704. The van der Waals surface area contributed by atoms with Crippen LogP contribution in [0.1, 0.15) is 11.6 Å². The fourth-order valence-corrected chi connectivity index (χ4v) is 3.56. The van der Waals surface area contributed by atoms with Crippen LogP contribution in [0.4, 0.5) is 4.39 Å². The summed E-state index contributed by atoms with van der Waals surface area (Å²) in [6, 6.07) is 8.67. The van der Waals surface area contributed by atoms with Crippen molar-refractivity contribution in [1.82, 2.24) is 14.5 Å². The minimum absolute atomic E-state index is 0.133. The lowest BCUT2D eigenvalue weighted by Gasteiger charge is -2.22. The fraction of sp³-hybridized carbons (Fsp3) is 0.300. The number of nitrogens with zero attached hydrogens (tertiary/aromatic N) is 3. The number of ether oxygens (including phenoxy) is 2. The van der Waals surface area contributed by atoms with Crippen molar-refractivity contribution in [1.29, 1.82) is 0 Å². The van der Waals surface area contributed by atoms with E-state index in [-0.39, 0.29) is 11.9 Å². The molecule has 0 saturated carbocycles. The first kappa shape index (κ1) is 16.7. The molecular formula is C20H20FN3O2. The fourth-order valence-electron chi connectivity index (χ4n) is 3.56. The molecule has 2 aromatic heterocycles. The maximum atomic E-state index is 13.8. The topological polar surface area (TPSA) is 49.2 Å². The van der Waals surface area contributed by atoms with Gasteiger partial charge in [0, 0.05) is 30.7 Å². The highest BCUT2D eigenvalue weighted by molar-refractivity contribution is 5.64. The molecular weight excluding hydrogens is 333 g/mol. The van der Waals surface area contributed by atoms with Gasteiger partial charge in [0.1, 0.15) is 17.4 Å². The molecule has 6 heteroatoms. The average molecular weight is 353 g/mol. The van der Waals surface area contributed by atoms with Gasteiger partial charge < -0.3 is 14.0 Å². The van der Waals surface area contributed by atoms with Crippen molar-refractivity contribution in [2.45, 2.75) is 12.5 Å². The lowest BCUT2D eigenvalue weighted by molar-refractivity contribution is 0.181. The standard InChI is InChI=1S/C20H20FN3O2/c1-25-19-3-2-16(21)11-17(19)20-23-8-9-24(20)18-13-26-12-15(18)10-14-4-6-22-7-5-14/h2-9,11,15,18H,10,12-13H2,1H3/t15-,18+/m0/s1. The molecule has 0 amide bonds. The average Bonchev–Trinajstić information content (AvgIpc) is 3.31. The van der Waals surface area contributed by atoms with Crippen molar-refractivity contribution in [2.24, 2.45) is 5.92 Å². The summed E-state index contributed by atoms with van der Waals surface area (Å²) in [4.78, 5) is 8.55. The molecule has 0 unspecified atom stereocenters. The number of aromatic nitrogens is 3. The largest absolute Gasteiger partial charge is 0.496 e. The van der Waals surface area contributed by atoms with Gasteiger partial charge in [-0.1, -0.05) is 0 Å². The van der Waals surface area contributed by atoms with Crippen LogP contribution in [0.2, 0.25) is 0 Å². The van der Waals surface area contributed by atoms with Gasteiger partial charge >= 0.3 is 0 Å². The zero-order valence-electron chi connectivity index (χ0n) is 14.5. The van der Waals surface area contributed by atoms with E-state index in [0.29, 0.717) is 36.3 Å². The van der Waals surface area contributed by atoms with E-state index in [1.807, 2.05) is 18.3 Å². The van der Waals surface area contributed by atoms with Crippen LogP contribution in [-0.2, 0) is 11.2 Å². The van der Waals surface area contributed by atoms with Crippen molar-refractivity contribution in [2.75, 3.05) is 20.3 Å². The van der Waals surface area contributed by atoms with Crippen molar-refractivity contribution < 1.29 is 13.9 Å².